The van der Waals surface area contributed by atoms with E-state index in [2.05, 4.69) is 9.98 Å². The van der Waals surface area contributed by atoms with Crippen LogP contribution in [0.2, 0.25) is 5.02 Å². The highest BCUT2D eigenvalue weighted by atomic mass is 35.5. The number of pyridine rings is 1. The van der Waals surface area contributed by atoms with E-state index >= 15 is 0 Å². The van der Waals surface area contributed by atoms with Gasteiger partial charge < -0.3 is 0 Å². The van der Waals surface area contributed by atoms with Gasteiger partial charge in [0, 0.05) is 24.3 Å². The van der Waals surface area contributed by atoms with Crippen LogP contribution in [-0.2, 0) is 0 Å². The number of alkyl halides is 3. The SMILES string of the molecule is CC1=CC=NC2=CC(c3cncc(Cl)c3)N(C(C)C(F)(F)F)N12. The van der Waals surface area contributed by atoms with Crippen molar-refractivity contribution in [1.82, 2.24) is 15.0 Å². The third kappa shape index (κ3) is 2.86. The lowest BCUT2D eigenvalue weighted by Gasteiger charge is -2.40. The Bertz CT molecular complexity index is 711. The number of hydrazine groups is 1. The lowest BCUT2D eigenvalue weighted by atomic mass is 10.1. The summed E-state index contributed by atoms with van der Waals surface area (Å²) in [6, 6.07) is -0.726. The molecule has 0 saturated heterocycles. The van der Waals surface area contributed by atoms with Gasteiger partial charge in [-0.2, -0.15) is 18.2 Å². The first-order valence-electron chi connectivity index (χ1n) is 6.97. The van der Waals surface area contributed by atoms with Crippen molar-refractivity contribution in [2.24, 2.45) is 4.99 Å². The standard InChI is InChI=1S/C15H14ClF3N4/c1-9-3-4-21-14-6-13(11-5-12(16)8-20-7-11)23(22(9)14)10(2)15(17,18)19/h3-8,10,13H,1-2H3. The first-order valence-corrected chi connectivity index (χ1v) is 7.35. The monoisotopic (exact) mass is 342 g/mol. The van der Waals surface area contributed by atoms with Gasteiger partial charge in [-0.05, 0) is 37.6 Å². The summed E-state index contributed by atoms with van der Waals surface area (Å²) in [6.45, 7) is 2.88. The molecular weight excluding hydrogens is 329 g/mol. The van der Waals surface area contributed by atoms with E-state index in [9.17, 15) is 13.2 Å². The van der Waals surface area contributed by atoms with Crippen LogP contribution < -0.4 is 0 Å². The van der Waals surface area contributed by atoms with Crippen molar-refractivity contribution in [2.45, 2.75) is 32.1 Å². The van der Waals surface area contributed by atoms with Crippen molar-refractivity contribution < 1.29 is 13.2 Å². The maximum absolute atomic E-state index is 13.4. The Morgan fingerprint density at radius 3 is 2.70 bits per heavy atom. The fraction of sp³-hybridized carbons (Fsp3) is 0.333. The normalized spacial score (nSPS) is 22.7. The van der Waals surface area contributed by atoms with Crippen LogP contribution in [0.15, 0.2) is 47.1 Å². The Hall–Kier alpha value is -1.86. The lowest BCUT2D eigenvalue weighted by Crippen LogP contribution is -2.50. The summed E-state index contributed by atoms with van der Waals surface area (Å²) in [5.74, 6) is 0.464. The van der Waals surface area contributed by atoms with Crippen molar-refractivity contribution in [3.05, 3.63) is 52.7 Å². The minimum absolute atomic E-state index is 0.376. The topological polar surface area (TPSA) is 31.7 Å². The van der Waals surface area contributed by atoms with Crippen LogP contribution in [0.5, 0.6) is 0 Å². The van der Waals surface area contributed by atoms with Crippen LogP contribution in [0.1, 0.15) is 25.5 Å². The zero-order chi connectivity index (χ0) is 16.8. The highest BCUT2D eigenvalue weighted by molar-refractivity contribution is 6.30. The number of fused-ring (bicyclic) bond motifs is 1. The average molecular weight is 343 g/mol. The van der Waals surface area contributed by atoms with Crippen LogP contribution in [0, 0.1) is 0 Å². The molecular formula is C15H14ClF3N4. The van der Waals surface area contributed by atoms with Gasteiger partial charge in [-0.15, -0.1) is 0 Å². The summed E-state index contributed by atoms with van der Waals surface area (Å²) in [5, 5.41) is 3.12. The molecule has 8 heteroatoms. The molecule has 0 bridgehead atoms. The van der Waals surface area contributed by atoms with Gasteiger partial charge in [-0.3, -0.25) is 9.99 Å². The fourth-order valence-corrected chi connectivity index (χ4v) is 2.87. The molecule has 122 valence electrons. The van der Waals surface area contributed by atoms with E-state index in [0.717, 1.165) is 6.92 Å². The van der Waals surface area contributed by atoms with Gasteiger partial charge >= 0.3 is 6.18 Å². The Morgan fingerprint density at radius 1 is 1.30 bits per heavy atom. The third-order valence-corrected chi connectivity index (χ3v) is 4.04. The molecule has 0 amide bonds. The molecule has 23 heavy (non-hydrogen) atoms. The Labute approximate surface area is 136 Å². The summed E-state index contributed by atoms with van der Waals surface area (Å²) < 4.78 is 40.1. The second-order valence-electron chi connectivity index (χ2n) is 5.40. The molecule has 0 spiro atoms. The predicted octanol–water partition coefficient (Wildman–Crippen LogP) is 4.09. The number of nitrogens with zero attached hydrogens (tertiary/aromatic N) is 4. The molecule has 2 aliphatic rings. The van der Waals surface area contributed by atoms with E-state index in [0.29, 0.717) is 22.1 Å². The number of hydrogen-bond acceptors (Lipinski definition) is 4. The molecule has 2 atom stereocenters. The summed E-state index contributed by atoms with van der Waals surface area (Å²) in [5.41, 5.74) is 1.25. The van der Waals surface area contributed by atoms with Crippen LogP contribution in [0.4, 0.5) is 13.2 Å². The summed E-state index contributed by atoms with van der Waals surface area (Å²) in [4.78, 5) is 8.16. The number of hydrogen-bond donors (Lipinski definition) is 0. The van der Waals surface area contributed by atoms with Gasteiger partial charge in [-0.25, -0.2) is 4.99 Å². The summed E-state index contributed by atoms with van der Waals surface area (Å²) in [7, 11) is 0. The van der Waals surface area contributed by atoms with E-state index in [4.69, 9.17) is 11.6 Å². The highest BCUT2D eigenvalue weighted by Crippen LogP contribution is 2.42. The molecule has 1 aromatic heterocycles. The second-order valence-corrected chi connectivity index (χ2v) is 5.84. The van der Waals surface area contributed by atoms with Gasteiger partial charge in [-0.1, -0.05) is 11.6 Å². The molecule has 0 radical (unpaired) electrons. The molecule has 3 rings (SSSR count). The van der Waals surface area contributed by atoms with Crippen molar-refractivity contribution in [1.29, 1.82) is 0 Å². The van der Waals surface area contributed by atoms with Gasteiger partial charge in [0.25, 0.3) is 0 Å². The highest BCUT2D eigenvalue weighted by Gasteiger charge is 2.48. The molecule has 2 unspecified atom stereocenters. The smallest absolute Gasteiger partial charge is 0.263 e. The lowest BCUT2D eigenvalue weighted by molar-refractivity contribution is -0.209. The third-order valence-electron chi connectivity index (χ3n) is 3.83. The number of rotatable bonds is 2. The van der Waals surface area contributed by atoms with Gasteiger partial charge in [0.2, 0.25) is 0 Å². The number of halogens is 4. The van der Waals surface area contributed by atoms with E-state index < -0.39 is 18.3 Å². The van der Waals surface area contributed by atoms with E-state index in [1.54, 1.807) is 31.4 Å². The maximum Gasteiger partial charge on any atom is 0.405 e. The average Bonchev–Trinajstić information content (AvgIpc) is 2.86. The molecule has 0 saturated carbocycles. The van der Waals surface area contributed by atoms with Crippen molar-refractivity contribution in [3.63, 3.8) is 0 Å². The second kappa shape index (κ2) is 5.65. The first kappa shape index (κ1) is 16.0. The maximum atomic E-state index is 13.4. The van der Waals surface area contributed by atoms with Crippen LogP contribution in [-0.4, -0.2) is 33.4 Å². The molecule has 1 aromatic rings. The molecule has 0 aliphatic carbocycles. The molecule has 0 N–H and O–H groups in total. The zero-order valence-electron chi connectivity index (χ0n) is 12.4. The van der Waals surface area contributed by atoms with Crippen LogP contribution in [0.25, 0.3) is 0 Å². The van der Waals surface area contributed by atoms with Gasteiger partial charge in [0.05, 0.1) is 11.1 Å². The Balaban J connectivity index is 2.08. The van der Waals surface area contributed by atoms with E-state index in [-0.39, 0.29) is 0 Å². The molecule has 4 nitrogen and oxygen atoms in total. The molecule has 3 heterocycles. The minimum Gasteiger partial charge on any atom is -0.263 e. The van der Waals surface area contributed by atoms with Crippen molar-refractivity contribution in [3.8, 4) is 0 Å². The molecule has 2 aliphatic heterocycles. The first-order chi connectivity index (χ1) is 10.8. The summed E-state index contributed by atoms with van der Waals surface area (Å²) in [6.07, 6.45) is 3.52. The quantitative estimate of drug-likeness (QED) is 0.811. The van der Waals surface area contributed by atoms with Gasteiger partial charge in [0.15, 0.2) is 0 Å². The van der Waals surface area contributed by atoms with Crippen molar-refractivity contribution in [2.75, 3.05) is 0 Å². The molecule has 0 aromatic carbocycles. The number of aromatic nitrogens is 1. The Kier molecular flexibility index (Phi) is 3.93. The molecule has 0 fully saturated rings. The fourth-order valence-electron chi connectivity index (χ4n) is 2.69. The largest absolute Gasteiger partial charge is 0.405 e. The predicted molar refractivity (Wildman–Crippen MR) is 81.5 cm³/mol. The van der Waals surface area contributed by atoms with E-state index in [1.807, 2.05) is 0 Å². The summed E-state index contributed by atoms with van der Waals surface area (Å²) >= 11 is 5.94. The minimum atomic E-state index is -4.38. The number of allylic oxidation sites excluding steroid dienone is 2. The number of aliphatic imine (C=N–C) groups is 1. The van der Waals surface area contributed by atoms with Crippen LogP contribution in [0.3, 0.4) is 0 Å². The van der Waals surface area contributed by atoms with Crippen molar-refractivity contribution >= 4 is 17.8 Å². The van der Waals surface area contributed by atoms with Crippen LogP contribution >= 0.6 is 11.6 Å². The van der Waals surface area contributed by atoms with Gasteiger partial charge in [0.1, 0.15) is 11.9 Å². The Morgan fingerprint density at radius 2 is 2.04 bits per heavy atom. The van der Waals surface area contributed by atoms with E-state index in [1.165, 1.54) is 22.4 Å². The zero-order valence-corrected chi connectivity index (χ0v) is 13.2.